The molecule has 0 radical (unpaired) electrons. The maximum atomic E-state index is 13.2. The summed E-state index contributed by atoms with van der Waals surface area (Å²) in [6, 6.07) is 2.92. The minimum absolute atomic E-state index is 0. The van der Waals surface area contributed by atoms with Crippen molar-refractivity contribution < 1.29 is 9.18 Å². The molecule has 0 spiro atoms. The molecule has 3 heterocycles. The van der Waals surface area contributed by atoms with Gasteiger partial charge in [0.25, 0.3) is 11.5 Å². The fourth-order valence-electron chi connectivity index (χ4n) is 3.12. The van der Waals surface area contributed by atoms with Gasteiger partial charge in [-0.1, -0.05) is 0 Å². The highest BCUT2D eigenvalue weighted by atomic mass is 35.5. The summed E-state index contributed by atoms with van der Waals surface area (Å²) in [5.41, 5.74) is 0.559. The van der Waals surface area contributed by atoms with E-state index in [1.54, 1.807) is 23.8 Å². The lowest BCUT2D eigenvalue weighted by Gasteiger charge is -2.23. The Kier molecular flexibility index (Phi) is 8.88. The second-order valence-corrected chi connectivity index (χ2v) is 6.39. The molecule has 2 aromatic rings. The predicted molar refractivity (Wildman–Crippen MR) is 108 cm³/mol. The largest absolute Gasteiger partial charge is 0.320 e. The number of hydrogen-bond donors (Lipinski definition) is 2. The van der Waals surface area contributed by atoms with Crippen molar-refractivity contribution in [2.24, 2.45) is 5.92 Å². The highest BCUT2D eigenvalue weighted by molar-refractivity contribution is 6.04. The van der Waals surface area contributed by atoms with Crippen LogP contribution in [0.4, 0.5) is 10.1 Å². The van der Waals surface area contributed by atoms with Crippen LogP contribution < -0.4 is 16.2 Å². The molecule has 27 heavy (non-hydrogen) atoms. The van der Waals surface area contributed by atoms with Crippen LogP contribution in [0.15, 0.2) is 35.5 Å². The van der Waals surface area contributed by atoms with E-state index in [2.05, 4.69) is 15.6 Å². The van der Waals surface area contributed by atoms with E-state index in [1.807, 2.05) is 0 Å². The van der Waals surface area contributed by atoms with Crippen LogP contribution in [0.25, 0.3) is 0 Å². The van der Waals surface area contributed by atoms with Crippen LogP contribution in [0.1, 0.15) is 28.8 Å². The summed E-state index contributed by atoms with van der Waals surface area (Å²) in [5.74, 6) is -0.728. The van der Waals surface area contributed by atoms with Crippen LogP contribution in [0.5, 0.6) is 0 Å². The molecule has 6 nitrogen and oxygen atoms in total. The zero-order valence-corrected chi connectivity index (χ0v) is 16.5. The molecule has 1 saturated heterocycles. The van der Waals surface area contributed by atoms with Gasteiger partial charge in [0.2, 0.25) is 0 Å². The Balaban J connectivity index is 0.00000182. The summed E-state index contributed by atoms with van der Waals surface area (Å²) in [6.45, 7) is 4.17. The smallest absolute Gasteiger partial charge is 0.263 e. The normalized spacial score (nSPS) is 16.0. The van der Waals surface area contributed by atoms with Crippen molar-refractivity contribution in [1.82, 2.24) is 14.9 Å². The highest BCUT2D eigenvalue weighted by Gasteiger charge is 2.19. The van der Waals surface area contributed by atoms with E-state index >= 15 is 0 Å². The van der Waals surface area contributed by atoms with E-state index in [1.165, 1.54) is 6.20 Å². The number of pyridine rings is 2. The zero-order valence-electron chi connectivity index (χ0n) is 14.9. The quantitative estimate of drug-likeness (QED) is 0.803. The first-order valence-electron chi connectivity index (χ1n) is 8.37. The van der Waals surface area contributed by atoms with E-state index in [0.717, 1.165) is 38.2 Å². The van der Waals surface area contributed by atoms with Crippen LogP contribution in [-0.4, -0.2) is 28.5 Å². The van der Waals surface area contributed by atoms with Crippen LogP contribution in [-0.2, 0) is 6.54 Å². The first-order chi connectivity index (χ1) is 12.0. The van der Waals surface area contributed by atoms with E-state index in [-0.39, 0.29) is 41.6 Å². The molecule has 1 unspecified atom stereocenters. The van der Waals surface area contributed by atoms with Crippen molar-refractivity contribution in [3.8, 4) is 0 Å². The lowest BCUT2D eigenvalue weighted by Crippen LogP contribution is -2.36. The van der Waals surface area contributed by atoms with Crippen molar-refractivity contribution >= 4 is 36.4 Å². The van der Waals surface area contributed by atoms with Gasteiger partial charge < -0.3 is 15.2 Å². The van der Waals surface area contributed by atoms with Gasteiger partial charge in [0.05, 0.1) is 18.1 Å². The van der Waals surface area contributed by atoms with Crippen molar-refractivity contribution in [1.29, 1.82) is 0 Å². The molecule has 0 bridgehead atoms. The fraction of sp³-hybridized carbons (Fsp3) is 0.389. The van der Waals surface area contributed by atoms with Crippen LogP contribution in [0, 0.1) is 18.7 Å². The summed E-state index contributed by atoms with van der Waals surface area (Å²) in [7, 11) is 0. The van der Waals surface area contributed by atoms with Crippen LogP contribution >= 0.6 is 24.8 Å². The average molecular weight is 417 g/mol. The molecule has 2 N–H and O–H groups in total. The Morgan fingerprint density at radius 1 is 1.41 bits per heavy atom. The summed E-state index contributed by atoms with van der Waals surface area (Å²) in [5, 5.41) is 5.87. The molecule has 0 aliphatic carbocycles. The number of amides is 1. The number of anilines is 1. The lowest BCUT2D eigenvalue weighted by atomic mass is 9.99. The van der Waals surface area contributed by atoms with Crippen molar-refractivity contribution in [2.45, 2.75) is 26.3 Å². The minimum atomic E-state index is -0.551. The summed E-state index contributed by atoms with van der Waals surface area (Å²) in [6.07, 6.45) is 6.27. The molecule has 1 amide bonds. The monoisotopic (exact) mass is 416 g/mol. The second kappa shape index (κ2) is 10.4. The van der Waals surface area contributed by atoms with Crippen molar-refractivity contribution in [3.63, 3.8) is 0 Å². The fourth-order valence-corrected chi connectivity index (χ4v) is 3.12. The molecule has 1 fully saturated rings. The Morgan fingerprint density at radius 2 is 2.19 bits per heavy atom. The highest BCUT2D eigenvalue weighted by Crippen LogP contribution is 2.13. The number of nitrogens with one attached hydrogen (secondary N) is 2. The second-order valence-electron chi connectivity index (χ2n) is 6.39. The van der Waals surface area contributed by atoms with Gasteiger partial charge >= 0.3 is 0 Å². The Labute approximate surface area is 169 Å². The predicted octanol–water partition coefficient (Wildman–Crippen LogP) is 2.79. The van der Waals surface area contributed by atoms with Gasteiger partial charge in [-0.25, -0.2) is 4.39 Å². The third-order valence-corrected chi connectivity index (χ3v) is 4.42. The van der Waals surface area contributed by atoms with Gasteiger partial charge in [-0.15, -0.1) is 24.8 Å². The van der Waals surface area contributed by atoms with Crippen LogP contribution in [0.2, 0.25) is 0 Å². The first kappa shape index (κ1) is 23.1. The number of halogens is 3. The molecular weight excluding hydrogens is 394 g/mol. The molecule has 1 aliphatic rings. The first-order valence-corrected chi connectivity index (χ1v) is 8.37. The van der Waals surface area contributed by atoms with E-state index in [9.17, 15) is 14.0 Å². The SMILES string of the molecule is Cc1ccn(CC2CCCNC2)c(=O)c1C(=O)Nc1cncc(F)c1.Cl.Cl. The molecule has 1 atom stereocenters. The van der Waals surface area contributed by atoms with Crippen molar-refractivity contribution in [2.75, 3.05) is 18.4 Å². The van der Waals surface area contributed by atoms with Gasteiger partial charge in [0.15, 0.2) is 0 Å². The number of carbonyl (C=O) groups is 1. The third kappa shape index (κ3) is 5.76. The van der Waals surface area contributed by atoms with Gasteiger partial charge in [-0.3, -0.25) is 14.6 Å². The van der Waals surface area contributed by atoms with Gasteiger partial charge in [0.1, 0.15) is 11.4 Å². The number of carbonyl (C=O) groups excluding carboxylic acids is 1. The summed E-state index contributed by atoms with van der Waals surface area (Å²) < 4.78 is 14.8. The van der Waals surface area contributed by atoms with E-state index in [0.29, 0.717) is 18.0 Å². The topological polar surface area (TPSA) is 76.0 Å². The number of piperidine rings is 1. The molecule has 1 aliphatic heterocycles. The Bertz CT molecular complexity index is 838. The maximum absolute atomic E-state index is 13.2. The molecule has 148 valence electrons. The van der Waals surface area contributed by atoms with Crippen molar-refractivity contribution in [3.05, 3.63) is 58.0 Å². The van der Waals surface area contributed by atoms with E-state index < -0.39 is 11.7 Å². The van der Waals surface area contributed by atoms with Crippen LogP contribution in [0.3, 0.4) is 0 Å². The maximum Gasteiger partial charge on any atom is 0.263 e. The number of rotatable bonds is 4. The van der Waals surface area contributed by atoms with Gasteiger partial charge in [0, 0.05) is 18.8 Å². The van der Waals surface area contributed by atoms with Gasteiger partial charge in [-0.2, -0.15) is 0 Å². The molecule has 3 rings (SSSR count). The summed E-state index contributed by atoms with van der Waals surface area (Å²) >= 11 is 0. The average Bonchev–Trinajstić information content (AvgIpc) is 2.58. The molecule has 2 aromatic heterocycles. The lowest BCUT2D eigenvalue weighted by molar-refractivity contribution is 0.102. The van der Waals surface area contributed by atoms with Gasteiger partial charge in [-0.05, 0) is 50.4 Å². The standard InChI is InChI=1S/C18H21FN4O2.2ClH/c1-12-4-6-23(11-13-3-2-5-20-8-13)18(25)16(12)17(24)22-15-7-14(19)9-21-10-15;;/h4,6-7,9-10,13,20H,2-3,5,8,11H2,1H3,(H,22,24);2*1H. The number of nitrogens with zero attached hydrogens (tertiary/aromatic N) is 2. The molecular formula is C18H23Cl2FN4O2. The third-order valence-electron chi connectivity index (χ3n) is 4.42. The number of hydrogen-bond acceptors (Lipinski definition) is 4. The minimum Gasteiger partial charge on any atom is -0.320 e. The molecule has 0 saturated carbocycles. The Morgan fingerprint density at radius 3 is 2.85 bits per heavy atom. The van der Waals surface area contributed by atoms with E-state index in [4.69, 9.17) is 0 Å². The molecule has 0 aromatic carbocycles. The zero-order chi connectivity index (χ0) is 17.8. The number of aromatic nitrogens is 2. The molecule has 9 heteroatoms. The Hall–Kier alpha value is -1.96. The summed E-state index contributed by atoms with van der Waals surface area (Å²) in [4.78, 5) is 29.0. The number of aryl methyl sites for hydroxylation is 1.